The average Bonchev–Trinajstić information content (AvgIpc) is 3.39. The average molecular weight is 1190 g/mol. The van der Waals surface area contributed by atoms with Crippen molar-refractivity contribution in [3.8, 4) is 6.19 Å². The minimum Gasteiger partial charge on any atom is -0.444 e. The molecule has 0 radical (unpaired) electrons. The van der Waals surface area contributed by atoms with E-state index >= 15 is 0 Å². The second kappa shape index (κ2) is 32.1. The molecular weight excluding hydrogens is 1110 g/mol. The summed E-state index contributed by atoms with van der Waals surface area (Å²) < 4.78 is 12.7. The number of pyridine rings is 5. The summed E-state index contributed by atoms with van der Waals surface area (Å²) in [7, 11) is 0. The van der Waals surface area contributed by atoms with Crippen molar-refractivity contribution in [2.45, 2.75) is 66.6 Å². The Hall–Kier alpha value is -6.74. The van der Waals surface area contributed by atoms with Crippen molar-refractivity contribution in [2.75, 3.05) is 137 Å². The number of aromatic nitrogens is 5. The molecule has 5 aromatic heterocycles. The Morgan fingerprint density at radius 2 is 0.857 bits per heavy atom. The van der Waals surface area contributed by atoms with Crippen LogP contribution in [0.2, 0.25) is 0 Å². The van der Waals surface area contributed by atoms with Gasteiger partial charge in [0.05, 0.1) is 0 Å². The van der Waals surface area contributed by atoms with Crippen LogP contribution in [0.4, 0.5) is 44.1 Å². The van der Waals surface area contributed by atoms with Crippen molar-refractivity contribution < 1.29 is 19.1 Å². The zero-order valence-corrected chi connectivity index (χ0v) is 49.1. The third-order valence-corrected chi connectivity index (χ3v) is 12.3. The molecule has 9 rings (SSSR count). The number of nitrogen functional groups attached to an aromatic ring is 3. The number of anilines is 6. The van der Waals surface area contributed by atoms with Crippen LogP contribution in [0.3, 0.4) is 0 Å². The topological polar surface area (TPSA) is 262 Å². The van der Waals surface area contributed by atoms with Gasteiger partial charge in [-0.25, -0.2) is 24.5 Å². The molecule has 418 valence electrons. The number of nitrogens with two attached hydrogens (primary N) is 3. The lowest BCUT2D eigenvalue weighted by molar-refractivity contribution is 0.0223. The van der Waals surface area contributed by atoms with Gasteiger partial charge >= 0.3 is 12.2 Å². The second-order valence-corrected chi connectivity index (χ2v) is 21.9. The van der Waals surface area contributed by atoms with Crippen molar-refractivity contribution in [1.82, 2.24) is 50.3 Å². The Bertz CT molecular complexity index is 2510. The molecule has 0 aromatic carbocycles. The molecule has 4 aliphatic heterocycles. The first kappa shape index (κ1) is 62.8. The second-order valence-electron chi connectivity index (χ2n) is 20.0. The maximum absolute atomic E-state index is 12.0. The molecule has 4 saturated heterocycles. The lowest BCUT2D eigenvalue weighted by Gasteiger charge is -2.36. The number of amides is 2. The zero-order chi connectivity index (χ0) is 56.4. The number of rotatable bonds is 3. The van der Waals surface area contributed by atoms with E-state index in [1.807, 2.05) is 110 Å². The highest BCUT2D eigenvalue weighted by Crippen LogP contribution is 2.20. The van der Waals surface area contributed by atoms with Gasteiger partial charge in [0.25, 0.3) is 0 Å². The summed E-state index contributed by atoms with van der Waals surface area (Å²) in [6.45, 7) is 28.9. The number of hydrogen-bond donors (Lipinski definition) is 5. The molecule has 4 fully saturated rings. The third kappa shape index (κ3) is 25.3. The van der Waals surface area contributed by atoms with Gasteiger partial charge in [-0.05, 0) is 104 Å². The van der Waals surface area contributed by atoms with Crippen LogP contribution in [0.25, 0.3) is 0 Å². The normalized spacial score (nSPS) is 15.3. The molecule has 0 spiro atoms. The van der Waals surface area contributed by atoms with Crippen LogP contribution < -0.4 is 42.5 Å². The van der Waals surface area contributed by atoms with Gasteiger partial charge in [0.1, 0.15) is 28.7 Å². The fourth-order valence-corrected chi connectivity index (χ4v) is 8.36. The largest absolute Gasteiger partial charge is 0.444 e. The van der Waals surface area contributed by atoms with Crippen molar-refractivity contribution in [1.29, 1.82) is 5.26 Å². The summed E-state index contributed by atoms with van der Waals surface area (Å²) in [6.07, 6.45) is 10.5. The summed E-state index contributed by atoms with van der Waals surface area (Å²) in [6, 6.07) is 19.3. The van der Waals surface area contributed by atoms with Gasteiger partial charge in [0.15, 0.2) is 6.19 Å². The number of carbonyl (C=O) groups excluding carboxylic acids is 2. The van der Waals surface area contributed by atoms with Crippen LogP contribution in [0.15, 0.2) is 101 Å². The number of ether oxygens (including phenoxy) is 2. The predicted octanol–water partition coefficient (Wildman–Crippen LogP) is 7.19. The number of nitrogens with one attached hydrogen (secondary N) is 2. The Morgan fingerprint density at radius 3 is 1.22 bits per heavy atom. The van der Waals surface area contributed by atoms with E-state index < -0.39 is 5.60 Å². The monoisotopic (exact) mass is 1190 g/mol. The molecule has 0 atom stereocenters. The first-order chi connectivity index (χ1) is 36.6. The first-order valence-electron chi connectivity index (χ1n) is 25.6. The minimum absolute atomic E-state index is 0.200. The highest BCUT2D eigenvalue weighted by molar-refractivity contribution is 9.10. The summed E-state index contributed by atoms with van der Waals surface area (Å²) in [4.78, 5) is 55.5. The van der Waals surface area contributed by atoms with Gasteiger partial charge in [0, 0.05) is 185 Å². The molecule has 0 unspecified atom stereocenters. The Kier molecular flexibility index (Phi) is 26.2. The van der Waals surface area contributed by atoms with Crippen LogP contribution in [-0.4, -0.2) is 168 Å². The lowest BCUT2D eigenvalue weighted by atomic mass is 10.2. The molecule has 2 amide bonds. The predicted molar refractivity (Wildman–Crippen MR) is 314 cm³/mol. The molecule has 23 heteroatoms. The summed E-state index contributed by atoms with van der Waals surface area (Å²) >= 11 is 6.56. The van der Waals surface area contributed by atoms with E-state index in [4.69, 9.17) is 31.9 Å². The van der Waals surface area contributed by atoms with Crippen LogP contribution in [0, 0.1) is 25.3 Å². The SMILES string of the molecule is CC(C)(C)OC(=O)N1CCNCC1.Cc1cc(Br)ccn1.Cc1cc(N2CCN(C(=O)OC(C)(C)C)CC2)ccn1.N#CN1CCN(c2ccnc(N)c2)CC1.Nc1cc(Br)ccn1.Nc1cc(N2CCNCC2)ccn1. The van der Waals surface area contributed by atoms with Gasteiger partial charge < -0.3 is 66.7 Å². The number of nitriles is 1. The van der Waals surface area contributed by atoms with Crippen LogP contribution in [0.5, 0.6) is 0 Å². The van der Waals surface area contributed by atoms with E-state index in [1.54, 1.807) is 45.6 Å². The number of hydrogen-bond acceptors (Lipinski definition) is 19. The zero-order valence-electron chi connectivity index (χ0n) is 46.0. The van der Waals surface area contributed by atoms with Gasteiger partial charge in [0.2, 0.25) is 0 Å². The number of aryl methyl sites for hydroxylation is 2. The molecule has 77 heavy (non-hydrogen) atoms. The Labute approximate surface area is 472 Å². The number of nitrogens with zero attached hydrogens (tertiary/aromatic N) is 12. The number of carbonyl (C=O) groups is 2. The van der Waals surface area contributed by atoms with Gasteiger partial charge in [-0.15, -0.1) is 0 Å². The molecule has 5 aromatic rings. The molecule has 8 N–H and O–H groups in total. The Balaban J connectivity index is 0.000000205. The van der Waals surface area contributed by atoms with Crippen LogP contribution >= 0.6 is 31.9 Å². The molecule has 9 heterocycles. The Morgan fingerprint density at radius 1 is 0.506 bits per heavy atom. The summed E-state index contributed by atoms with van der Waals surface area (Å²) in [5, 5.41) is 15.2. The number of piperazine rings is 4. The van der Waals surface area contributed by atoms with E-state index in [-0.39, 0.29) is 17.8 Å². The van der Waals surface area contributed by atoms with E-state index in [0.29, 0.717) is 30.5 Å². The highest BCUT2D eigenvalue weighted by atomic mass is 79.9. The van der Waals surface area contributed by atoms with Crippen molar-refractivity contribution >= 4 is 78.6 Å². The maximum atomic E-state index is 12.0. The molecular formula is C54H79Br2N17O4. The van der Waals surface area contributed by atoms with Gasteiger partial charge in [-0.2, -0.15) is 5.26 Å². The van der Waals surface area contributed by atoms with Gasteiger partial charge in [-0.1, -0.05) is 31.9 Å². The van der Waals surface area contributed by atoms with E-state index in [9.17, 15) is 9.59 Å². The highest BCUT2D eigenvalue weighted by Gasteiger charge is 2.26. The third-order valence-electron chi connectivity index (χ3n) is 11.3. The standard InChI is InChI=1S/C15H23N3O2.C10H13N5.C9H14N4.C9H18N2O2.C6H6BrN.C5H5BrN2/c1-12-11-13(5-6-16-12)17-7-9-18(10-8-17)14(19)20-15(2,3)4;11-8-14-3-5-15(6-4-14)9-1-2-13-10(12)7-9;10-9-7-8(1-2-12-9)13-5-3-11-4-6-13;1-9(2,3)13-8(12)11-6-4-10-5-7-11;1-5-4-6(7)2-3-8-5;6-4-1-2-8-5(7)3-4/h5-6,11H,7-10H2,1-4H3;1-2,7H,3-6H2,(H2,12,13);1-2,7,11H,3-6H2,(H2,10,12);10H,4-7H2,1-3H3;2-4H,1H3;1-3H,(H2,7,8). The van der Waals surface area contributed by atoms with Crippen molar-refractivity contribution in [3.05, 3.63) is 112 Å². The summed E-state index contributed by atoms with van der Waals surface area (Å²) in [5.41, 5.74) is 21.2. The molecule has 0 saturated carbocycles. The summed E-state index contributed by atoms with van der Waals surface area (Å²) in [5.74, 6) is 1.67. The smallest absolute Gasteiger partial charge is 0.410 e. The molecule has 4 aliphatic rings. The lowest BCUT2D eigenvalue weighted by Crippen LogP contribution is -2.50. The van der Waals surface area contributed by atoms with Crippen molar-refractivity contribution in [2.24, 2.45) is 0 Å². The maximum Gasteiger partial charge on any atom is 0.410 e. The fourth-order valence-electron chi connectivity index (χ4n) is 7.56. The van der Waals surface area contributed by atoms with E-state index in [2.05, 4.69) is 94.4 Å². The van der Waals surface area contributed by atoms with Crippen LogP contribution in [0.1, 0.15) is 52.9 Å². The van der Waals surface area contributed by atoms with Gasteiger partial charge in [-0.3, -0.25) is 9.97 Å². The molecule has 0 bridgehead atoms. The molecule has 0 aliphatic carbocycles. The first-order valence-corrected chi connectivity index (χ1v) is 27.2. The van der Waals surface area contributed by atoms with Crippen LogP contribution in [-0.2, 0) is 9.47 Å². The van der Waals surface area contributed by atoms with Crippen molar-refractivity contribution in [3.63, 3.8) is 0 Å². The van der Waals surface area contributed by atoms with E-state index in [0.717, 1.165) is 118 Å². The minimum atomic E-state index is -0.434. The number of halogens is 2. The van der Waals surface area contributed by atoms with E-state index in [1.165, 1.54) is 11.4 Å². The quantitative estimate of drug-likeness (QED) is 0.112. The molecule has 21 nitrogen and oxygen atoms in total. The fraction of sp³-hybridized carbons (Fsp3) is 0.481.